The Kier molecular flexibility index (Phi) is 5.90. The third-order valence-electron chi connectivity index (χ3n) is 3.24. The monoisotopic (exact) mass is 303 g/mol. The molecule has 5 heteroatoms. The molecule has 2 rings (SSSR count). The van der Waals surface area contributed by atoms with Crippen LogP contribution in [0.25, 0.3) is 0 Å². The Balaban J connectivity index is 1.72. The summed E-state index contributed by atoms with van der Waals surface area (Å²) in [5.41, 5.74) is 7.02. The maximum Gasteiger partial charge on any atom is 0.221 e. The molecular weight excluding hydrogens is 282 g/mol. The highest BCUT2D eigenvalue weighted by Gasteiger charge is 2.11. The van der Waals surface area contributed by atoms with Crippen molar-refractivity contribution >= 4 is 17.2 Å². The van der Waals surface area contributed by atoms with Crippen LogP contribution in [0.1, 0.15) is 34.8 Å². The summed E-state index contributed by atoms with van der Waals surface area (Å²) in [4.78, 5) is 17.5. The summed E-state index contributed by atoms with van der Waals surface area (Å²) in [6, 6.07) is 9.44. The summed E-state index contributed by atoms with van der Waals surface area (Å²) in [6.45, 7) is 2.72. The lowest BCUT2D eigenvalue weighted by atomic mass is 10.0. The molecular formula is C16H21N3OS. The average molecular weight is 303 g/mol. The van der Waals surface area contributed by atoms with Crippen LogP contribution >= 0.6 is 11.3 Å². The Morgan fingerprint density at radius 2 is 2.14 bits per heavy atom. The summed E-state index contributed by atoms with van der Waals surface area (Å²) >= 11 is 1.71. The molecule has 0 saturated heterocycles. The van der Waals surface area contributed by atoms with Crippen molar-refractivity contribution in [1.82, 2.24) is 10.3 Å². The van der Waals surface area contributed by atoms with E-state index in [2.05, 4.69) is 17.2 Å². The highest BCUT2D eigenvalue weighted by Crippen LogP contribution is 2.14. The number of hydrogen-bond acceptors (Lipinski definition) is 4. The zero-order valence-electron chi connectivity index (χ0n) is 12.2. The Labute approximate surface area is 129 Å². The van der Waals surface area contributed by atoms with E-state index in [0.717, 1.165) is 23.4 Å². The quantitative estimate of drug-likeness (QED) is 0.825. The fourth-order valence-electron chi connectivity index (χ4n) is 2.03. The number of aromatic nitrogens is 1. The summed E-state index contributed by atoms with van der Waals surface area (Å²) in [7, 11) is 0. The molecule has 0 fully saturated rings. The van der Waals surface area contributed by atoms with Crippen molar-refractivity contribution in [3.8, 4) is 0 Å². The van der Waals surface area contributed by atoms with Gasteiger partial charge in [-0.15, -0.1) is 11.3 Å². The Hall–Kier alpha value is -1.72. The molecule has 0 aliphatic heterocycles. The smallest absolute Gasteiger partial charge is 0.221 e. The minimum absolute atomic E-state index is 0.0152. The van der Waals surface area contributed by atoms with Crippen molar-refractivity contribution < 1.29 is 4.79 Å². The van der Waals surface area contributed by atoms with Crippen molar-refractivity contribution in [2.24, 2.45) is 5.73 Å². The number of rotatable bonds is 7. The molecule has 0 spiro atoms. The van der Waals surface area contributed by atoms with E-state index in [1.54, 1.807) is 11.3 Å². The third kappa shape index (κ3) is 4.95. The zero-order valence-corrected chi connectivity index (χ0v) is 13.0. The minimum atomic E-state index is -0.252. The van der Waals surface area contributed by atoms with Gasteiger partial charge in [-0.05, 0) is 12.0 Å². The van der Waals surface area contributed by atoms with E-state index in [9.17, 15) is 4.79 Å². The second kappa shape index (κ2) is 7.90. The van der Waals surface area contributed by atoms with Crippen LogP contribution < -0.4 is 11.1 Å². The average Bonchev–Trinajstić information content (AvgIpc) is 2.96. The van der Waals surface area contributed by atoms with Crippen LogP contribution in [0.5, 0.6) is 0 Å². The summed E-state index contributed by atoms with van der Waals surface area (Å²) in [5.74, 6) is -0.0152. The van der Waals surface area contributed by atoms with E-state index < -0.39 is 0 Å². The third-order valence-corrected chi connectivity index (χ3v) is 4.45. The van der Waals surface area contributed by atoms with E-state index in [0.29, 0.717) is 13.0 Å². The van der Waals surface area contributed by atoms with E-state index in [-0.39, 0.29) is 11.9 Å². The fraction of sp³-hybridized carbons (Fsp3) is 0.375. The van der Waals surface area contributed by atoms with Gasteiger partial charge in [-0.3, -0.25) is 4.79 Å². The molecule has 1 heterocycles. The molecule has 1 amide bonds. The van der Waals surface area contributed by atoms with Crippen molar-refractivity contribution in [2.45, 2.75) is 32.2 Å². The van der Waals surface area contributed by atoms with Crippen molar-refractivity contribution in [3.05, 3.63) is 52.0 Å². The summed E-state index contributed by atoms with van der Waals surface area (Å²) < 4.78 is 0. The highest BCUT2D eigenvalue weighted by atomic mass is 32.1. The first-order valence-corrected chi connectivity index (χ1v) is 8.01. The van der Waals surface area contributed by atoms with Gasteiger partial charge in [0.15, 0.2) is 0 Å². The van der Waals surface area contributed by atoms with Crippen LogP contribution in [0.3, 0.4) is 0 Å². The molecule has 0 bridgehead atoms. The molecule has 2 aromatic rings. The molecule has 4 nitrogen and oxygen atoms in total. The van der Waals surface area contributed by atoms with Gasteiger partial charge in [-0.1, -0.05) is 37.3 Å². The van der Waals surface area contributed by atoms with Crippen molar-refractivity contribution in [1.29, 1.82) is 0 Å². The second-order valence-corrected chi connectivity index (χ2v) is 6.09. The van der Waals surface area contributed by atoms with Crippen molar-refractivity contribution in [2.75, 3.05) is 6.54 Å². The number of hydrogen-bond donors (Lipinski definition) is 2. The number of carbonyl (C=O) groups excluding carboxylic acids is 1. The number of nitrogens with two attached hydrogens (primary N) is 1. The molecule has 1 aromatic heterocycles. The van der Waals surface area contributed by atoms with Crippen LogP contribution in [0, 0.1) is 0 Å². The first-order chi connectivity index (χ1) is 10.2. The van der Waals surface area contributed by atoms with Crippen LogP contribution in [0.15, 0.2) is 36.5 Å². The molecule has 3 N–H and O–H groups in total. The molecule has 1 atom stereocenters. The Morgan fingerprint density at radius 3 is 2.81 bits per heavy atom. The lowest BCUT2D eigenvalue weighted by Gasteiger charge is -2.11. The topological polar surface area (TPSA) is 68.0 Å². The largest absolute Gasteiger partial charge is 0.356 e. The van der Waals surface area contributed by atoms with Gasteiger partial charge in [0.05, 0.1) is 5.01 Å². The van der Waals surface area contributed by atoms with E-state index in [4.69, 9.17) is 5.73 Å². The number of thiazole rings is 1. The SMILES string of the molecule is CCc1cnc(CCNC(=O)CC(N)c2ccccc2)s1. The van der Waals surface area contributed by atoms with Gasteiger partial charge < -0.3 is 11.1 Å². The van der Waals surface area contributed by atoms with Gasteiger partial charge in [0.1, 0.15) is 0 Å². The second-order valence-electron chi connectivity index (χ2n) is 4.90. The Morgan fingerprint density at radius 1 is 1.38 bits per heavy atom. The maximum absolute atomic E-state index is 11.9. The number of benzene rings is 1. The normalized spacial score (nSPS) is 12.1. The number of carbonyl (C=O) groups is 1. The molecule has 21 heavy (non-hydrogen) atoms. The van der Waals surface area contributed by atoms with Gasteiger partial charge >= 0.3 is 0 Å². The Bertz CT molecular complexity index is 568. The lowest BCUT2D eigenvalue weighted by Crippen LogP contribution is -2.29. The number of nitrogens with zero attached hydrogens (tertiary/aromatic N) is 1. The van der Waals surface area contributed by atoms with E-state index in [1.807, 2.05) is 36.5 Å². The predicted molar refractivity (Wildman–Crippen MR) is 86.2 cm³/mol. The van der Waals surface area contributed by atoms with Crippen LogP contribution in [-0.2, 0) is 17.6 Å². The lowest BCUT2D eigenvalue weighted by molar-refractivity contribution is -0.121. The van der Waals surface area contributed by atoms with Crippen LogP contribution in [-0.4, -0.2) is 17.4 Å². The van der Waals surface area contributed by atoms with Gasteiger partial charge in [-0.2, -0.15) is 0 Å². The zero-order chi connectivity index (χ0) is 15.1. The van der Waals surface area contributed by atoms with Gasteiger partial charge in [0.25, 0.3) is 0 Å². The predicted octanol–water partition coefficient (Wildman–Crippen LogP) is 2.45. The molecule has 0 radical (unpaired) electrons. The highest BCUT2D eigenvalue weighted by molar-refractivity contribution is 7.11. The minimum Gasteiger partial charge on any atom is -0.356 e. The standard InChI is InChI=1S/C16H21N3OS/c1-2-13-11-19-16(21-13)8-9-18-15(20)10-14(17)12-6-4-3-5-7-12/h3-7,11,14H,2,8-10,17H2,1H3,(H,18,20). The first-order valence-electron chi connectivity index (χ1n) is 7.20. The maximum atomic E-state index is 11.9. The number of amides is 1. The summed E-state index contributed by atoms with van der Waals surface area (Å²) in [6.07, 6.45) is 4.00. The van der Waals surface area contributed by atoms with E-state index in [1.165, 1.54) is 4.88 Å². The molecule has 1 aromatic carbocycles. The molecule has 112 valence electrons. The van der Waals surface area contributed by atoms with Crippen LogP contribution in [0.4, 0.5) is 0 Å². The fourth-order valence-corrected chi connectivity index (χ4v) is 2.89. The molecule has 0 aliphatic rings. The van der Waals surface area contributed by atoms with Crippen LogP contribution in [0.2, 0.25) is 0 Å². The first kappa shape index (κ1) is 15.7. The summed E-state index contributed by atoms with van der Waals surface area (Å²) in [5, 5.41) is 3.98. The molecule has 0 aliphatic carbocycles. The van der Waals surface area contributed by atoms with Gasteiger partial charge in [0.2, 0.25) is 5.91 Å². The van der Waals surface area contributed by atoms with Gasteiger partial charge in [-0.25, -0.2) is 4.98 Å². The van der Waals surface area contributed by atoms with E-state index >= 15 is 0 Å². The number of nitrogens with one attached hydrogen (secondary N) is 1. The molecule has 1 unspecified atom stereocenters. The van der Waals surface area contributed by atoms with Crippen molar-refractivity contribution in [3.63, 3.8) is 0 Å². The molecule has 0 saturated carbocycles. The number of aryl methyl sites for hydroxylation is 1. The van der Waals surface area contributed by atoms with Gasteiger partial charge in [0, 0.05) is 36.5 Å².